The minimum absolute atomic E-state index is 0.224. The molecule has 0 bridgehead atoms. The second-order valence-electron chi connectivity index (χ2n) is 4.65. The highest BCUT2D eigenvalue weighted by Gasteiger charge is 2.26. The summed E-state index contributed by atoms with van der Waals surface area (Å²) in [5, 5.41) is 12.7. The Morgan fingerprint density at radius 1 is 1.50 bits per heavy atom. The van der Waals surface area contributed by atoms with Gasteiger partial charge in [0.25, 0.3) is 0 Å². The van der Waals surface area contributed by atoms with Crippen LogP contribution in [0.2, 0.25) is 0 Å². The maximum absolute atomic E-state index is 9.22. The Hall–Kier alpha value is -0.120. The van der Waals surface area contributed by atoms with E-state index in [-0.39, 0.29) is 18.8 Å². The van der Waals surface area contributed by atoms with Crippen molar-refractivity contribution < 1.29 is 9.84 Å². The highest BCUT2D eigenvalue weighted by molar-refractivity contribution is 4.83. The average molecular weight is 201 g/mol. The first kappa shape index (κ1) is 12.0. The van der Waals surface area contributed by atoms with E-state index >= 15 is 0 Å². The molecule has 0 spiro atoms. The van der Waals surface area contributed by atoms with Crippen molar-refractivity contribution >= 4 is 0 Å². The first-order valence-electron chi connectivity index (χ1n) is 5.62. The first-order chi connectivity index (χ1) is 6.63. The molecule has 0 aliphatic carbocycles. The average Bonchev–Trinajstić information content (AvgIpc) is 2.50. The normalized spacial score (nSPS) is 29.8. The molecule has 1 rings (SSSR count). The van der Waals surface area contributed by atoms with Crippen molar-refractivity contribution in [3.63, 3.8) is 0 Å². The van der Waals surface area contributed by atoms with Crippen LogP contribution in [0.15, 0.2) is 0 Å². The second-order valence-corrected chi connectivity index (χ2v) is 4.65. The quantitative estimate of drug-likeness (QED) is 0.701. The smallest absolute Gasteiger partial charge is 0.0700 e. The Morgan fingerprint density at radius 3 is 2.64 bits per heavy atom. The van der Waals surface area contributed by atoms with Crippen LogP contribution in [0.25, 0.3) is 0 Å². The predicted octanol–water partition coefficient (Wildman–Crippen LogP) is 1.16. The number of hydrogen-bond donors (Lipinski definition) is 2. The van der Waals surface area contributed by atoms with E-state index in [1.807, 2.05) is 0 Å². The Labute approximate surface area is 86.8 Å². The van der Waals surface area contributed by atoms with Gasteiger partial charge >= 0.3 is 0 Å². The fourth-order valence-corrected chi connectivity index (χ4v) is 2.02. The molecule has 0 saturated carbocycles. The molecule has 1 aliphatic heterocycles. The molecule has 0 aromatic carbocycles. The van der Waals surface area contributed by atoms with Gasteiger partial charge in [-0.2, -0.15) is 0 Å². The highest BCUT2D eigenvalue weighted by Crippen LogP contribution is 2.15. The van der Waals surface area contributed by atoms with Crippen LogP contribution in [-0.2, 0) is 4.74 Å². The van der Waals surface area contributed by atoms with Gasteiger partial charge in [0.05, 0.1) is 12.7 Å². The second kappa shape index (κ2) is 5.69. The van der Waals surface area contributed by atoms with E-state index in [4.69, 9.17) is 4.74 Å². The molecule has 0 aromatic rings. The van der Waals surface area contributed by atoms with Gasteiger partial charge in [0.2, 0.25) is 0 Å². The van der Waals surface area contributed by atoms with Gasteiger partial charge in [-0.3, -0.25) is 0 Å². The minimum atomic E-state index is 0.224. The number of hydrogen-bond acceptors (Lipinski definition) is 3. The Bertz CT molecular complexity index is 161. The summed E-state index contributed by atoms with van der Waals surface area (Å²) < 4.78 is 5.47. The minimum Gasteiger partial charge on any atom is -0.395 e. The summed E-state index contributed by atoms with van der Waals surface area (Å²) in [5.74, 6) is 0.622. The molecule has 3 heteroatoms. The van der Waals surface area contributed by atoms with Gasteiger partial charge in [-0.05, 0) is 25.7 Å². The van der Waals surface area contributed by atoms with Crippen LogP contribution in [0, 0.1) is 5.92 Å². The summed E-state index contributed by atoms with van der Waals surface area (Å²) in [7, 11) is 0. The molecule has 0 aromatic heterocycles. The van der Waals surface area contributed by atoms with Crippen molar-refractivity contribution in [3.8, 4) is 0 Å². The molecule has 0 radical (unpaired) electrons. The van der Waals surface area contributed by atoms with Gasteiger partial charge in [0.15, 0.2) is 0 Å². The maximum atomic E-state index is 9.22. The zero-order valence-corrected chi connectivity index (χ0v) is 9.49. The van der Waals surface area contributed by atoms with E-state index in [2.05, 4.69) is 26.1 Å². The van der Waals surface area contributed by atoms with Crippen molar-refractivity contribution in [2.75, 3.05) is 13.2 Å². The summed E-state index contributed by atoms with van der Waals surface area (Å²) in [6.45, 7) is 7.52. The standard InChI is InChI=1S/C11H23NO2/c1-8(2)6-10(7-13)12-11-4-5-14-9(11)3/h8-13H,4-7H2,1-3H3/t9-,10-,11-/m0/s1. The van der Waals surface area contributed by atoms with E-state index in [0.717, 1.165) is 19.4 Å². The Morgan fingerprint density at radius 2 is 2.21 bits per heavy atom. The lowest BCUT2D eigenvalue weighted by molar-refractivity contribution is 0.106. The predicted molar refractivity (Wildman–Crippen MR) is 57.3 cm³/mol. The van der Waals surface area contributed by atoms with Crippen LogP contribution < -0.4 is 5.32 Å². The van der Waals surface area contributed by atoms with Crippen LogP contribution in [0.3, 0.4) is 0 Å². The maximum Gasteiger partial charge on any atom is 0.0700 e. The van der Waals surface area contributed by atoms with Gasteiger partial charge in [0.1, 0.15) is 0 Å². The van der Waals surface area contributed by atoms with Crippen molar-refractivity contribution in [1.82, 2.24) is 5.32 Å². The van der Waals surface area contributed by atoms with E-state index < -0.39 is 0 Å². The summed E-state index contributed by atoms with van der Waals surface area (Å²) in [4.78, 5) is 0. The molecule has 1 aliphatic rings. The third kappa shape index (κ3) is 3.56. The third-order valence-electron chi connectivity index (χ3n) is 2.80. The van der Waals surface area contributed by atoms with E-state index in [1.165, 1.54) is 0 Å². The van der Waals surface area contributed by atoms with E-state index in [1.54, 1.807) is 0 Å². The van der Waals surface area contributed by atoms with Crippen LogP contribution in [0.5, 0.6) is 0 Å². The van der Waals surface area contributed by atoms with Crippen LogP contribution in [0.4, 0.5) is 0 Å². The molecular formula is C11H23NO2. The van der Waals surface area contributed by atoms with Crippen molar-refractivity contribution in [1.29, 1.82) is 0 Å². The van der Waals surface area contributed by atoms with Crippen LogP contribution in [-0.4, -0.2) is 36.5 Å². The molecule has 1 saturated heterocycles. The lowest BCUT2D eigenvalue weighted by Crippen LogP contribution is -2.44. The Kier molecular flexibility index (Phi) is 4.85. The molecule has 3 atom stereocenters. The largest absolute Gasteiger partial charge is 0.395 e. The van der Waals surface area contributed by atoms with Gasteiger partial charge < -0.3 is 15.2 Å². The lowest BCUT2D eigenvalue weighted by Gasteiger charge is -2.24. The molecular weight excluding hydrogens is 178 g/mol. The number of aliphatic hydroxyl groups is 1. The van der Waals surface area contributed by atoms with Crippen molar-refractivity contribution in [2.24, 2.45) is 5.92 Å². The number of ether oxygens (including phenoxy) is 1. The molecule has 2 N–H and O–H groups in total. The van der Waals surface area contributed by atoms with Crippen LogP contribution in [0.1, 0.15) is 33.6 Å². The van der Waals surface area contributed by atoms with Crippen LogP contribution >= 0.6 is 0 Å². The van der Waals surface area contributed by atoms with Crippen molar-refractivity contribution in [3.05, 3.63) is 0 Å². The molecule has 1 fully saturated rings. The molecule has 1 heterocycles. The Balaban J connectivity index is 2.31. The fraction of sp³-hybridized carbons (Fsp3) is 1.00. The molecule has 84 valence electrons. The van der Waals surface area contributed by atoms with Gasteiger partial charge in [-0.15, -0.1) is 0 Å². The van der Waals surface area contributed by atoms with E-state index in [9.17, 15) is 5.11 Å². The zero-order valence-electron chi connectivity index (χ0n) is 9.49. The fourth-order valence-electron chi connectivity index (χ4n) is 2.02. The molecule has 3 nitrogen and oxygen atoms in total. The topological polar surface area (TPSA) is 41.5 Å². The van der Waals surface area contributed by atoms with Gasteiger partial charge in [-0.25, -0.2) is 0 Å². The van der Waals surface area contributed by atoms with Gasteiger partial charge in [0, 0.05) is 18.7 Å². The summed E-state index contributed by atoms with van der Waals surface area (Å²) >= 11 is 0. The highest BCUT2D eigenvalue weighted by atomic mass is 16.5. The molecule has 0 amide bonds. The first-order valence-corrected chi connectivity index (χ1v) is 5.62. The number of aliphatic hydroxyl groups excluding tert-OH is 1. The number of rotatable bonds is 5. The number of nitrogens with one attached hydrogen (secondary N) is 1. The van der Waals surface area contributed by atoms with Gasteiger partial charge in [-0.1, -0.05) is 13.8 Å². The SMILES string of the molecule is CC(C)C[C@@H](CO)N[C@H]1CCO[C@H]1C. The monoisotopic (exact) mass is 201 g/mol. The summed E-state index contributed by atoms with van der Waals surface area (Å²) in [6.07, 6.45) is 2.38. The summed E-state index contributed by atoms with van der Waals surface area (Å²) in [6, 6.07) is 0.648. The third-order valence-corrected chi connectivity index (χ3v) is 2.80. The lowest BCUT2D eigenvalue weighted by atomic mass is 10.0. The van der Waals surface area contributed by atoms with Crippen molar-refractivity contribution in [2.45, 2.75) is 51.8 Å². The zero-order chi connectivity index (χ0) is 10.6. The molecule has 14 heavy (non-hydrogen) atoms. The van der Waals surface area contributed by atoms with E-state index in [0.29, 0.717) is 12.0 Å². The molecule has 0 unspecified atom stereocenters. The summed E-state index contributed by atoms with van der Waals surface area (Å²) in [5.41, 5.74) is 0.